The maximum absolute atomic E-state index is 15.3. The molecule has 2 amide bonds. The zero-order chi connectivity index (χ0) is 26.2. The summed E-state index contributed by atoms with van der Waals surface area (Å²) in [5.74, 6) is -1.51. The summed E-state index contributed by atoms with van der Waals surface area (Å²) in [6.07, 6.45) is 3.59. The second-order valence-corrected chi connectivity index (χ2v) is 8.30. The molecule has 1 aliphatic heterocycles. The number of carbonyl (C=O) groups is 1. The molecule has 0 atom stereocenters. The zero-order valence-electron chi connectivity index (χ0n) is 21.7. The number of hydrogen-bond donors (Lipinski definition) is 1. The van der Waals surface area contributed by atoms with E-state index in [1.165, 1.54) is 12.0 Å². The average Bonchev–Trinajstić information content (AvgIpc) is 2.88. The number of urea groups is 1. The molecule has 1 N–H and O–H groups in total. The van der Waals surface area contributed by atoms with Crippen LogP contribution < -0.4 is 24.6 Å². The lowest BCUT2D eigenvalue weighted by atomic mass is 10.1. The van der Waals surface area contributed by atoms with Gasteiger partial charge in [0.15, 0.2) is 23.1 Å². The first-order valence-corrected chi connectivity index (χ1v) is 12.5. The van der Waals surface area contributed by atoms with Gasteiger partial charge < -0.3 is 19.7 Å². The molecule has 0 saturated carbocycles. The first-order chi connectivity index (χ1) is 17.4. The highest BCUT2D eigenvalue weighted by Crippen LogP contribution is 2.40. The highest BCUT2D eigenvalue weighted by atomic mass is 19.1. The summed E-state index contributed by atoms with van der Waals surface area (Å²) in [5.41, 5.74) is 0.0467. The standard InChI is InChI=1S/C25H36F2N6O3/c1-6-31(7-2)13-11-10-12-28-24-29-15-17-16-33(25(34)32(8-3)23(17)30-24)22-20(26)18(35-5)14-19(21(22)27)36-9-4/h14-15H,6-13,16H2,1-5H3,(H,28,29,30). The van der Waals surface area contributed by atoms with Crippen LogP contribution in [0.15, 0.2) is 12.3 Å². The Kier molecular flexibility index (Phi) is 9.63. The van der Waals surface area contributed by atoms with Gasteiger partial charge in [-0.25, -0.2) is 18.6 Å². The van der Waals surface area contributed by atoms with Gasteiger partial charge in [-0.1, -0.05) is 13.8 Å². The molecule has 0 bridgehead atoms. The molecular weight excluding hydrogens is 470 g/mol. The Balaban J connectivity index is 1.82. The van der Waals surface area contributed by atoms with Crippen molar-refractivity contribution in [2.24, 2.45) is 0 Å². The highest BCUT2D eigenvalue weighted by Gasteiger charge is 2.37. The topological polar surface area (TPSA) is 83.1 Å². The Morgan fingerprint density at radius 3 is 2.47 bits per heavy atom. The number of unbranched alkanes of at least 4 members (excludes halogenated alkanes) is 1. The van der Waals surface area contributed by atoms with Gasteiger partial charge in [0.2, 0.25) is 5.95 Å². The zero-order valence-corrected chi connectivity index (χ0v) is 21.7. The number of benzene rings is 1. The third kappa shape index (κ3) is 5.77. The Morgan fingerprint density at radius 2 is 1.83 bits per heavy atom. The summed E-state index contributed by atoms with van der Waals surface area (Å²) in [6, 6.07) is 0.545. The molecule has 0 fully saturated rings. The predicted molar refractivity (Wildman–Crippen MR) is 136 cm³/mol. The number of anilines is 3. The van der Waals surface area contributed by atoms with E-state index < -0.39 is 23.4 Å². The highest BCUT2D eigenvalue weighted by molar-refractivity contribution is 6.05. The number of ether oxygens (including phenoxy) is 2. The van der Waals surface area contributed by atoms with E-state index in [-0.39, 0.29) is 31.2 Å². The molecule has 0 radical (unpaired) electrons. The van der Waals surface area contributed by atoms with E-state index in [1.54, 1.807) is 20.0 Å². The minimum atomic E-state index is -0.977. The van der Waals surface area contributed by atoms with Crippen LogP contribution in [0, 0.1) is 11.6 Å². The maximum Gasteiger partial charge on any atom is 0.330 e. The normalized spacial score (nSPS) is 13.3. The summed E-state index contributed by atoms with van der Waals surface area (Å²) in [6.45, 7) is 11.9. The Bertz CT molecular complexity index is 1050. The third-order valence-corrected chi connectivity index (χ3v) is 6.18. The minimum Gasteiger partial charge on any atom is -0.493 e. The van der Waals surface area contributed by atoms with Crippen molar-refractivity contribution >= 4 is 23.5 Å². The van der Waals surface area contributed by atoms with Crippen molar-refractivity contribution in [2.75, 3.05) is 61.6 Å². The monoisotopic (exact) mass is 506 g/mol. The van der Waals surface area contributed by atoms with Gasteiger partial charge in [-0.05, 0) is 46.3 Å². The SMILES string of the molecule is CCOc1cc(OC)c(F)c(N2Cc3cnc(NCCCCN(CC)CC)nc3N(CC)C2=O)c1F. The van der Waals surface area contributed by atoms with Crippen molar-refractivity contribution in [3.05, 3.63) is 29.5 Å². The number of rotatable bonds is 13. The summed E-state index contributed by atoms with van der Waals surface area (Å²) in [7, 11) is 1.27. The third-order valence-electron chi connectivity index (χ3n) is 6.18. The van der Waals surface area contributed by atoms with E-state index in [0.717, 1.165) is 43.4 Å². The van der Waals surface area contributed by atoms with Gasteiger partial charge in [0.25, 0.3) is 0 Å². The Labute approximate surface area is 211 Å². The van der Waals surface area contributed by atoms with Gasteiger partial charge in [-0.2, -0.15) is 4.98 Å². The van der Waals surface area contributed by atoms with Crippen LogP contribution in [0.2, 0.25) is 0 Å². The number of nitrogens with zero attached hydrogens (tertiary/aromatic N) is 5. The van der Waals surface area contributed by atoms with E-state index in [0.29, 0.717) is 23.9 Å². The van der Waals surface area contributed by atoms with Crippen LogP contribution >= 0.6 is 0 Å². The largest absolute Gasteiger partial charge is 0.493 e. The molecule has 36 heavy (non-hydrogen) atoms. The van der Waals surface area contributed by atoms with Gasteiger partial charge >= 0.3 is 6.03 Å². The van der Waals surface area contributed by atoms with Gasteiger partial charge in [0.1, 0.15) is 11.5 Å². The Hall–Kier alpha value is -3.21. The van der Waals surface area contributed by atoms with Crippen molar-refractivity contribution in [2.45, 2.75) is 47.1 Å². The van der Waals surface area contributed by atoms with E-state index in [4.69, 9.17) is 9.47 Å². The van der Waals surface area contributed by atoms with Gasteiger partial charge in [0.05, 0.1) is 20.3 Å². The smallest absolute Gasteiger partial charge is 0.330 e. The van der Waals surface area contributed by atoms with E-state index in [2.05, 4.69) is 34.0 Å². The number of aromatic nitrogens is 2. The molecular formula is C25H36F2N6O3. The first-order valence-electron chi connectivity index (χ1n) is 12.5. The van der Waals surface area contributed by atoms with Gasteiger partial charge in [-0.3, -0.25) is 9.80 Å². The fourth-order valence-corrected chi connectivity index (χ4v) is 4.18. The lowest BCUT2D eigenvalue weighted by molar-refractivity contribution is 0.249. The molecule has 1 aromatic heterocycles. The molecule has 3 rings (SSSR count). The van der Waals surface area contributed by atoms with Crippen LogP contribution in [0.4, 0.5) is 31.0 Å². The van der Waals surface area contributed by atoms with Crippen LogP contribution in [0.3, 0.4) is 0 Å². The molecule has 198 valence electrons. The van der Waals surface area contributed by atoms with Crippen LogP contribution in [0.1, 0.15) is 46.1 Å². The van der Waals surface area contributed by atoms with Gasteiger partial charge in [0, 0.05) is 30.9 Å². The number of amides is 2. The van der Waals surface area contributed by atoms with E-state index >= 15 is 8.78 Å². The number of halogens is 2. The van der Waals surface area contributed by atoms with Crippen LogP contribution in [0.25, 0.3) is 0 Å². The molecule has 0 spiro atoms. The molecule has 0 aliphatic carbocycles. The second-order valence-electron chi connectivity index (χ2n) is 8.30. The van der Waals surface area contributed by atoms with Crippen molar-refractivity contribution in [1.29, 1.82) is 0 Å². The number of nitrogens with one attached hydrogen (secondary N) is 1. The van der Waals surface area contributed by atoms with Crippen LogP contribution in [0.5, 0.6) is 11.5 Å². The van der Waals surface area contributed by atoms with Crippen LogP contribution in [-0.4, -0.2) is 67.3 Å². The maximum atomic E-state index is 15.3. The minimum absolute atomic E-state index is 0.0958. The van der Waals surface area contributed by atoms with Crippen molar-refractivity contribution in [3.8, 4) is 11.5 Å². The van der Waals surface area contributed by atoms with Crippen molar-refractivity contribution < 1.29 is 23.0 Å². The van der Waals surface area contributed by atoms with Gasteiger partial charge in [-0.15, -0.1) is 0 Å². The molecule has 0 unspecified atom stereocenters. The number of hydrogen-bond acceptors (Lipinski definition) is 7. The lowest BCUT2D eigenvalue weighted by Crippen LogP contribution is -2.48. The molecule has 1 aliphatic rings. The number of methoxy groups -OCH3 is 1. The molecule has 9 nitrogen and oxygen atoms in total. The molecule has 0 saturated heterocycles. The lowest BCUT2D eigenvalue weighted by Gasteiger charge is -2.36. The fourth-order valence-electron chi connectivity index (χ4n) is 4.18. The molecule has 2 aromatic rings. The number of carbonyl (C=O) groups excluding carboxylic acids is 1. The molecule has 11 heteroatoms. The molecule has 2 heterocycles. The fraction of sp³-hybridized carbons (Fsp3) is 0.560. The average molecular weight is 507 g/mol. The van der Waals surface area contributed by atoms with Crippen molar-refractivity contribution in [3.63, 3.8) is 0 Å². The summed E-state index contributed by atoms with van der Waals surface area (Å²) >= 11 is 0. The van der Waals surface area contributed by atoms with Crippen molar-refractivity contribution in [1.82, 2.24) is 14.9 Å². The first kappa shape index (κ1) is 27.4. The van der Waals surface area contributed by atoms with E-state index in [9.17, 15) is 4.79 Å². The van der Waals surface area contributed by atoms with E-state index in [1.807, 2.05) is 0 Å². The van der Waals surface area contributed by atoms with Crippen LogP contribution in [-0.2, 0) is 6.54 Å². The Morgan fingerprint density at radius 1 is 1.11 bits per heavy atom. The predicted octanol–water partition coefficient (Wildman–Crippen LogP) is 4.66. The summed E-state index contributed by atoms with van der Waals surface area (Å²) in [5, 5.41) is 3.22. The summed E-state index contributed by atoms with van der Waals surface area (Å²) in [4.78, 5) is 27.1. The quantitative estimate of drug-likeness (QED) is 0.396. The summed E-state index contributed by atoms with van der Waals surface area (Å²) < 4.78 is 40.9. The molecule has 1 aromatic carbocycles. The second kappa shape index (κ2) is 12.7. The number of fused-ring (bicyclic) bond motifs is 1.